The van der Waals surface area contributed by atoms with Gasteiger partial charge in [0.2, 0.25) is 0 Å². The molecule has 2 atom stereocenters. The molecule has 0 spiro atoms. The van der Waals surface area contributed by atoms with Gasteiger partial charge in [-0.25, -0.2) is 0 Å². The summed E-state index contributed by atoms with van der Waals surface area (Å²) in [4.78, 5) is 14.0. The monoisotopic (exact) mass is 275 g/mol. The van der Waals surface area contributed by atoms with E-state index in [4.69, 9.17) is 4.74 Å². The molecule has 0 N–H and O–H groups in total. The lowest BCUT2D eigenvalue weighted by Gasteiger charge is -2.36. The molecule has 3 nitrogen and oxygen atoms in total. The summed E-state index contributed by atoms with van der Waals surface area (Å²) < 4.78 is 4.78. The normalized spacial score (nSPS) is 23.6. The highest BCUT2D eigenvalue weighted by Crippen LogP contribution is 2.24. The summed E-state index contributed by atoms with van der Waals surface area (Å²) in [6, 6.07) is 8.81. The Morgan fingerprint density at radius 1 is 1.30 bits per heavy atom. The summed E-state index contributed by atoms with van der Waals surface area (Å²) in [5.41, 5.74) is 2.34. The van der Waals surface area contributed by atoms with Gasteiger partial charge in [0.15, 0.2) is 0 Å². The van der Waals surface area contributed by atoms with Gasteiger partial charge in [-0.3, -0.25) is 9.69 Å². The van der Waals surface area contributed by atoms with Crippen LogP contribution in [0.4, 0.5) is 0 Å². The number of rotatable bonds is 4. The average molecular weight is 275 g/mol. The Labute approximate surface area is 121 Å². The van der Waals surface area contributed by atoms with Gasteiger partial charge in [-0.05, 0) is 43.4 Å². The van der Waals surface area contributed by atoms with Crippen molar-refractivity contribution in [1.29, 1.82) is 0 Å². The Kier molecular flexibility index (Phi) is 5.18. The van der Waals surface area contributed by atoms with E-state index in [2.05, 4.69) is 24.8 Å². The smallest absolute Gasteiger partial charge is 0.309 e. The Bertz CT molecular complexity index is 458. The van der Waals surface area contributed by atoms with Crippen molar-refractivity contribution in [3.05, 3.63) is 35.4 Å². The van der Waals surface area contributed by atoms with Gasteiger partial charge in [0.1, 0.15) is 0 Å². The van der Waals surface area contributed by atoms with Gasteiger partial charge in [-0.1, -0.05) is 31.2 Å². The van der Waals surface area contributed by atoms with Crippen LogP contribution in [0.2, 0.25) is 0 Å². The minimum Gasteiger partial charge on any atom is -0.469 e. The lowest BCUT2D eigenvalue weighted by Crippen LogP contribution is -2.39. The van der Waals surface area contributed by atoms with Gasteiger partial charge in [0.25, 0.3) is 0 Å². The standard InChI is InChI=1S/C17H25NO2/c1-13-8-9-18(14(2)10-13)12-16-7-5-4-6-15(16)11-17(19)20-3/h4-7,13-14H,8-12H2,1-3H3. The summed E-state index contributed by atoms with van der Waals surface area (Å²) in [5, 5.41) is 0. The highest BCUT2D eigenvalue weighted by molar-refractivity contribution is 5.72. The maximum absolute atomic E-state index is 11.5. The lowest BCUT2D eigenvalue weighted by atomic mass is 9.92. The van der Waals surface area contributed by atoms with Gasteiger partial charge in [-0.2, -0.15) is 0 Å². The largest absolute Gasteiger partial charge is 0.469 e. The molecule has 1 aromatic carbocycles. The summed E-state index contributed by atoms with van der Waals surface area (Å²) in [6.07, 6.45) is 2.90. The molecule has 0 saturated carbocycles. The Hall–Kier alpha value is -1.35. The molecule has 1 saturated heterocycles. The van der Waals surface area contributed by atoms with E-state index in [-0.39, 0.29) is 5.97 Å². The average Bonchev–Trinajstić information content (AvgIpc) is 2.43. The van der Waals surface area contributed by atoms with Crippen LogP contribution < -0.4 is 0 Å². The molecule has 2 rings (SSSR count). The van der Waals surface area contributed by atoms with E-state index in [1.165, 1.54) is 25.5 Å². The molecule has 3 heteroatoms. The van der Waals surface area contributed by atoms with Crippen LogP contribution in [0, 0.1) is 5.92 Å². The van der Waals surface area contributed by atoms with E-state index in [9.17, 15) is 4.79 Å². The second-order valence-corrected chi connectivity index (χ2v) is 5.97. The number of carbonyl (C=O) groups excluding carboxylic acids is 1. The number of nitrogens with zero attached hydrogens (tertiary/aromatic N) is 1. The van der Waals surface area contributed by atoms with Crippen LogP contribution in [0.25, 0.3) is 0 Å². The number of carbonyl (C=O) groups is 1. The first-order chi connectivity index (χ1) is 9.60. The number of benzene rings is 1. The molecule has 2 unspecified atom stereocenters. The molecule has 0 amide bonds. The summed E-state index contributed by atoms with van der Waals surface area (Å²) in [7, 11) is 1.44. The predicted octanol–water partition coefficient (Wildman–Crippen LogP) is 3.02. The Balaban J connectivity index is 2.07. The molecule has 20 heavy (non-hydrogen) atoms. The fraction of sp³-hybridized carbons (Fsp3) is 0.588. The van der Waals surface area contributed by atoms with E-state index in [1.807, 2.05) is 18.2 Å². The zero-order valence-corrected chi connectivity index (χ0v) is 12.8. The van der Waals surface area contributed by atoms with Crippen molar-refractivity contribution < 1.29 is 9.53 Å². The van der Waals surface area contributed by atoms with E-state index in [0.717, 1.165) is 24.6 Å². The van der Waals surface area contributed by atoms with Crippen LogP contribution in [0.3, 0.4) is 0 Å². The van der Waals surface area contributed by atoms with Gasteiger partial charge < -0.3 is 4.74 Å². The first kappa shape index (κ1) is 15.0. The number of methoxy groups -OCH3 is 1. The fourth-order valence-corrected chi connectivity index (χ4v) is 3.02. The molecule has 1 aliphatic rings. The maximum atomic E-state index is 11.5. The first-order valence-electron chi connectivity index (χ1n) is 7.47. The van der Waals surface area contributed by atoms with Gasteiger partial charge in [0.05, 0.1) is 13.5 Å². The molecular weight excluding hydrogens is 250 g/mol. The second kappa shape index (κ2) is 6.89. The molecule has 1 fully saturated rings. The van der Waals surface area contributed by atoms with Crippen molar-refractivity contribution in [2.45, 2.75) is 45.7 Å². The maximum Gasteiger partial charge on any atom is 0.309 e. The summed E-state index contributed by atoms with van der Waals surface area (Å²) in [5.74, 6) is 0.657. The van der Waals surface area contributed by atoms with E-state index in [1.54, 1.807) is 0 Å². The predicted molar refractivity (Wildman–Crippen MR) is 80.4 cm³/mol. The van der Waals surface area contributed by atoms with Crippen molar-refractivity contribution in [3.63, 3.8) is 0 Å². The zero-order valence-electron chi connectivity index (χ0n) is 12.8. The summed E-state index contributed by atoms with van der Waals surface area (Å²) >= 11 is 0. The molecule has 1 aliphatic heterocycles. The van der Waals surface area contributed by atoms with Crippen molar-refractivity contribution in [3.8, 4) is 0 Å². The third-order valence-corrected chi connectivity index (χ3v) is 4.33. The van der Waals surface area contributed by atoms with Crippen molar-refractivity contribution in [1.82, 2.24) is 4.90 Å². The number of hydrogen-bond donors (Lipinski definition) is 0. The molecule has 1 aromatic rings. The van der Waals surface area contributed by atoms with Gasteiger partial charge in [-0.15, -0.1) is 0 Å². The van der Waals surface area contributed by atoms with Crippen molar-refractivity contribution in [2.75, 3.05) is 13.7 Å². The number of likely N-dealkylation sites (tertiary alicyclic amines) is 1. The number of esters is 1. The first-order valence-corrected chi connectivity index (χ1v) is 7.47. The number of hydrogen-bond acceptors (Lipinski definition) is 3. The molecule has 0 aliphatic carbocycles. The topological polar surface area (TPSA) is 29.5 Å². The fourth-order valence-electron chi connectivity index (χ4n) is 3.02. The third kappa shape index (κ3) is 3.83. The second-order valence-electron chi connectivity index (χ2n) is 5.97. The minimum absolute atomic E-state index is 0.169. The molecule has 0 aromatic heterocycles. The van der Waals surface area contributed by atoms with E-state index < -0.39 is 0 Å². The van der Waals surface area contributed by atoms with Crippen molar-refractivity contribution >= 4 is 5.97 Å². The minimum atomic E-state index is -0.169. The highest BCUT2D eigenvalue weighted by atomic mass is 16.5. The quantitative estimate of drug-likeness (QED) is 0.791. The van der Waals surface area contributed by atoms with Crippen LogP contribution in [-0.2, 0) is 22.5 Å². The van der Waals surface area contributed by atoms with E-state index in [0.29, 0.717) is 12.5 Å². The number of ether oxygens (including phenoxy) is 1. The zero-order chi connectivity index (χ0) is 14.5. The Morgan fingerprint density at radius 2 is 2.00 bits per heavy atom. The Morgan fingerprint density at radius 3 is 2.65 bits per heavy atom. The van der Waals surface area contributed by atoms with Crippen LogP contribution in [-0.4, -0.2) is 30.6 Å². The molecule has 0 bridgehead atoms. The highest BCUT2D eigenvalue weighted by Gasteiger charge is 2.23. The van der Waals surface area contributed by atoms with Crippen LogP contribution in [0.1, 0.15) is 37.8 Å². The lowest BCUT2D eigenvalue weighted by molar-refractivity contribution is -0.139. The third-order valence-electron chi connectivity index (χ3n) is 4.33. The molecule has 1 heterocycles. The van der Waals surface area contributed by atoms with Gasteiger partial charge in [0, 0.05) is 12.6 Å². The SMILES string of the molecule is COC(=O)Cc1ccccc1CN1CCC(C)CC1C. The molecular formula is C17H25NO2. The van der Waals surface area contributed by atoms with Crippen molar-refractivity contribution in [2.24, 2.45) is 5.92 Å². The number of piperidine rings is 1. The van der Waals surface area contributed by atoms with E-state index >= 15 is 0 Å². The van der Waals surface area contributed by atoms with Crippen LogP contribution in [0.15, 0.2) is 24.3 Å². The van der Waals surface area contributed by atoms with Crippen LogP contribution >= 0.6 is 0 Å². The van der Waals surface area contributed by atoms with Crippen LogP contribution in [0.5, 0.6) is 0 Å². The molecule has 110 valence electrons. The van der Waals surface area contributed by atoms with Gasteiger partial charge >= 0.3 is 5.97 Å². The summed E-state index contributed by atoms with van der Waals surface area (Å²) in [6.45, 7) is 6.72. The molecule has 0 radical (unpaired) electrons.